The molecule has 6 nitrogen and oxygen atoms in total. The number of esters is 1. The van der Waals surface area contributed by atoms with E-state index in [-0.39, 0.29) is 18.0 Å². The third-order valence-corrected chi connectivity index (χ3v) is 2.79. The Kier molecular flexibility index (Phi) is 5.83. The van der Waals surface area contributed by atoms with Gasteiger partial charge in [-0.3, -0.25) is 9.59 Å². The van der Waals surface area contributed by atoms with Crippen LogP contribution in [0.2, 0.25) is 0 Å². The van der Waals surface area contributed by atoms with E-state index < -0.39 is 5.97 Å². The van der Waals surface area contributed by atoms with Crippen molar-refractivity contribution in [1.82, 2.24) is 4.90 Å². The molecule has 0 heterocycles. The van der Waals surface area contributed by atoms with Crippen LogP contribution in [0.5, 0.6) is 5.75 Å². The molecule has 1 amide bonds. The molecule has 2 N–H and O–H groups in total. The van der Waals surface area contributed by atoms with E-state index in [0.717, 1.165) is 0 Å². The van der Waals surface area contributed by atoms with Gasteiger partial charge in [-0.1, -0.05) is 6.07 Å². The maximum Gasteiger partial charge on any atom is 0.325 e. The second-order valence-electron chi connectivity index (χ2n) is 4.05. The molecule has 0 atom stereocenters. The van der Waals surface area contributed by atoms with E-state index >= 15 is 0 Å². The summed E-state index contributed by atoms with van der Waals surface area (Å²) >= 11 is 0. The van der Waals surface area contributed by atoms with Crippen molar-refractivity contribution in [2.45, 2.75) is 13.8 Å². The number of nitrogens with two attached hydrogens (primary N) is 1. The largest absolute Gasteiger partial charge is 0.493 e. The van der Waals surface area contributed by atoms with Gasteiger partial charge in [0, 0.05) is 12.2 Å². The summed E-state index contributed by atoms with van der Waals surface area (Å²) in [4.78, 5) is 25.2. The molecule has 110 valence electrons. The minimum atomic E-state index is -0.479. The summed E-state index contributed by atoms with van der Waals surface area (Å²) in [6.45, 7) is 4.27. The summed E-state index contributed by atoms with van der Waals surface area (Å²) in [5.41, 5.74) is 6.47. The van der Waals surface area contributed by atoms with Gasteiger partial charge in [0.15, 0.2) is 0 Å². The molecule has 0 saturated heterocycles. The van der Waals surface area contributed by atoms with Crippen LogP contribution in [0.3, 0.4) is 0 Å². The number of nitrogens with zero attached hydrogens (tertiary/aromatic N) is 1. The van der Waals surface area contributed by atoms with Crippen LogP contribution in [0.1, 0.15) is 24.2 Å². The molecule has 0 radical (unpaired) electrons. The molecule has 1 aromatic carbocycles. The molecule has 0 aromatic heterocycles. The fourth-order valence-corrected chi connectivity index (χ4v) is 1.76. The molecular weight excluding hydrogens is 260 g/mol. The molecule has 20 heavy (non-hydrogen) atoms. The molecule has 0 bridgehead atoms. The third-order valence-electron chi connectivity index (χ3n) is 2.79. The highest BCUT2D eigenvalue weighted by Gasteiger charge is 2.23. The maximum atomic E-state index is 12.5. The molecule has 6 heteroatoms. The van der Waals surface area contributed by atoms with Gasteiger partial charge in [0.25, 0.3) is 5.91 Å². The Hall–Kier alpha value is -2.24. The standard InChI is InChI=1S/C14H20N2O4/c1-4-16(9-12(17)19-3)14(18)13-10(15)7-6-8-11(13)20-5-2/h6-8H,4-5,9,15H2,1-3H3. The van der Waals surface area contributed by atoms with Crippen molar-refractivity contribution >= 4 is 17.6 Å². The van der Waals surface area contributed by atoms with E-state index in [9.17, 15) is 9.59 Å². The number of hydrogen-bond acceptors (Lipinski definition) is 5. The zero-order chi connectivity index (χ0) is 15.1. The first kappa shape index (κ1) is 15.8. The lowest BCUT2D eigenvalue weighted by atomic mass is 10.1. The van der Waals surface area contributed by atoms with Crippen molar-refractivity contribution in [3.05, 3.63) is 23.8 Å². The van der Waals surface area contributed by atoms with E-state index in [1.165, 1.54) is 12.0 Å². The lowest BCUT2D eigenvalue weighted by Crippen LogP contribution is -2.36. The van der Waals surface area contributed by atoms with Gasteiger partial charge in [0.2, 0.25) is 0 Å². The van der Waals surface area contributed by atoms with Crippen LogP contribution in [-0.2, 0) is 9.53 Å². The van der Waals surface area contributed by atoms with Crippen molar-refractivity contribution in [2.24, 2.45) is 0 Å². The number of likely N-dealkylation sites (N-methyl/N-ethyl adjacent to an activating group) is 1. The second-order valence-corrected chi connectivity index (χ2v) is 4.05. The van der Waals surface area contributed by atoms with Crippen molar-refractivity contribution in [3.8, 4) is 5.75 Å². The second kappa shape index (κ2) is 7.37. The molecule has 1 rings (SSSR count). The van der Waals surface area contributed by atoms with Crippen LogP contribution in [0, 0.1) is 0 Å². The summed E-state index contributed by atoms with van der Waals surface area (Å²) < 4.78 is 10.0. The first-order chi connectivity index (χ1) is 9.54. The average Bonchev–Trinajstić information content (AvgIpc) is 2.44. The van der Waals surface area contributed by atoms with E-state index in [1.54, 1.807) is 25.1 Å². The van der Waals surface area contributed by atoms with Crippen molar-refractivity contribution in [1.29, 1.82) is 0 Å². The molecule has 1 aromatic rings. The molecule has 0 aliphatic carbocycles. The number of benzene rings is 1. The Morgan fingerprint density at radius 3 is 2.55 bits per heavy atom. The SMILES string of the molecule is CCOc1cccc(N)c1C(=O)N(CC)CC(=O)OC. The van der Waals surface area contributed by atoms with Gasteiger partial charge < -0.3 is 20.1 Å². The number of carbonyl (C=O) groups is 2. The van der Waals surface area contributed by atoms with Crippen LogP contribution >= 0.6 is 0 Å². The topological polar surface area (TPSA) is 81.9 Å². The van der Waals surface area contributed by atoms with Crippen LogP contribution < -0.4 is 10.5 Å². The van der Waals surface area contributed by atoms with Gasteiger partial charge in [-0.25, -0.2) is 0 Å². The fourth-order valence-electron chi connectivity index (χ4n) is 1.76. The summed E-state index contributed by atoms with van der Waals surface area (Å²) in [6.07, 6.45) is 0. The Bertz CT molecular complexity index is 488. The maximum absolute atomic E-state index is 12.5. The van der Waals surface area contributed by atoms with Gasteiger partial charge in [0.05, 0.1) is 13.7 Å². The highest BCUT2D eigenvalue weighted by atomic mass is 16.5. The third kappa shape index (κ3) is 3.63. The lowest BCUT2D eigenvalue weighted by Gasteiger charge is -2.21. The van der Waals surface area contributed by atoms with Crippen LogP contribution in [0.25, 0.3) is 0 Å². The number of nitrogen functional groups attached to an aromatic ring is 1. The van der Waals surface area contributed by atoms with Crippen molar-refractivity contribution < 1.29 is 19.1 Å². The van der Waals surface area contributed by atoms with Gasteiger partial charge in [-0.05, 0) is 26.0 Å². The number of hydrogen-bond donors (Lipinski definition) is 1. The average molecular weight is 280 g/mol. The van der Waals surface area contributed by atoms with Crippen LogP contribution in [0.4, 0.5) is 5.69 Å². The normalized spacial score (nSPS) is 9.95. The predicted molar refractivity (Wildman–Crippen MR) is 75.6 cm³/mol. The molecule has 0 spiro atoms. The molecule has 0 saturated carbocycles. The quantitative estimate of drug-likeness (QED) is 0.627. The number of anilines is 1. The Morgan fingerprint density at radius 2 is 2.00 bits per heavy atom. The number of amides is 1. The van der Waals surface area contributed by atoms with Crippen molar-refractivity contribution in [2.75, 3.05) is 32.5 Å². The van der Waals surface area contributed by atoms with Gasteiger partial charge in [0.1, 0.15) is 17.9 Å². The van der Waals surface area contributed by atoms with Gasteiger partial charge >= 0.3 is 5.97 Å². The fraction of sp³-hybridized carbons (Fsp3) is 0.429. The highest BCUT2D eigenvalue weighted by molar-refractivity contribution is 6.02. The van der Waals surface area contributed by atoms with Crippen LogP contribution in [0.15, 0.2) is 18.2 Å². The molecule has 0 fully saturated rings. The van der Waals surface area contributed by atoms with Crippen LogP contribution in [-0.4, -0.2) is 43.6 Å². The predicted octanol–water partition coefficient (Wildman–Crippen LogP) is 1.30. The van der Waals surface area contributed by atoms with E-state index in [2.05, 4.69) is 4.74 Å². The number of rotatable bonds is 6. The van der Waals surface area contributed by atoms with Gasteiger partial charge in [-0.2, -0.15) is 0 Å². The van der Waals surface area contributed by atoms with E-state index in [0.29, 0.717) is 24.6 Å². The smallest absolute Gasteiger partial charge is 0.325 e. The number of methoxy groups -OCH3 is 1. The first-order valence-corrected chi connectivity index (χ1v) is 6.42. The highest BCUT2D eigenvalue weighted by Crippen LogP contribution is 2.26. The Balaban J connectivity index is 3.08. The summed E-state index contributed by atoms with van der Waals surface area (Å²) in [5.74, 6) is -0.409. The first-order valence-electron chi connectivity index (χ1n) is 6.42. The Morgan fingerprint density at radius 1 is 1.30 bits per heavy atom. The van der Waals surface area contributed by atoms with Crippen molar-refractivity contribution in [3.63, 3.8) is 0 Å². The minimum Gasteiger partial charge on any atom is -0.493 e. The summed E-state index contributed by atoms with van der Waals surface area (Å²) in [7, 11) is 1.28. The molecule has 0 aliphatic rings. The summed E-state index contributed by atoms with van der Waals surface area (Å²) in [5, 5.41) is 0. The lowest BCUT2D eigenvalue weighted by molar-refractivity contribution is -0.141. The molecular formula is C14H20N2O4. The molecule has 0 aliphatic heterocycles. The zero-order valence-corrected chi connectivity index (χ0v) is 12.0. The van der Waals surface area contributed by atoms with E-state index in [4.69, 9.17) is 10.5 Å². The Labute approximate surface area is 118 Å². The number of ether oxygens (including phenoxy) is 2. The van der Waals surface area contributed by atoms with E-state index in [1.807, 2.05) is 6.92 Å². The van der Waals surface area contributed by atoms with Gasteiger partial charge in [-0.15, -0.1) is 0 Å². The zero-order valence-electron chi connectivity index (χ0n) is 12.0. The minimum absolute atomic E-state index is 0.119. The monoisotopic (exact) mass is 280 g/mol. The summed E-state index contributed by atoms with van der Waals surface area (Å²) in [6, 6.07) is 5.02. The number of carbonyl (C=O) groups excluding carboxylic acids is 2. The molecule has 0 unspecified atom stereocenters.